The van der Waals surface area contributed by atoms with Crippen molar-refractivity contribution in [3.8, 4) is 5.75 Å². The van der Waals surface area contributed by atoms with Gasteiger partial charge in [-0.15, -0.1) is 10.2 Å². The maximum atomic E-state index is 12.6. The van der Waals surface area contributed by atoms with E-state index in [0.717, 1.165) is 5.56 Å². The quantitative estimate of drug-likeness (QED) is 0.675. The van der Waals surface area contributed by atoms with Crippen molar-refractivity contribution < 1.29 is 17.7 Å². The first-order chi connectivity index (χ1) is 12.4. The Kier molecular flexibility index (Phi) is 4.76. The minimum absolute atomic E-state index is 0.0297. The fourth-order valence-electron chi connectivity index (χ4n) is 2.20. The van der Waals surface area contributed by atoms with E-state index in [4.69, 9.17) is 9.26 Å². The molecule has 0 fully saturated rings. The molecular formula is C16H17N5O4S. The van der Waals surface area contributed by atoms with E-state index in [1.165, 1.54) is 19.2 Å². The van der Waals surface area contributed by atoms with Crippen LogP contribution in [0.5, 0.6) is 5.75 Å². The molecule has 3 aromatic rings. The van der Waals surface area contributed by atoms with Gasteiger partial charge in [-0.3, -0.25) is 4.72 Å². The van der Waals surface area contributed by atoms with Crippen LogP contribution in [-0.4, -0.2) is 30.9 Å². The standard InChI is InChI=1S/C16H17N5O4S/c1-10-4-5-12(24-3)13(8-10)26(22,23)21-15-7-6-14(18-19-15)17-16-9-11(2)25-20-16/h4-9H,1-3H3,(H,19,21)(H,17,18,20). The smallest absolute Gasteiger partial charge is 0.266 e. The molecule has 1 aromatic carbocycles. The monoisotopic (exact) mass is 375 g/mol. The number of aryl methyl sites for hydroxylation is 2. The SMILES string of the molecule is COc1ccc(C)cc1S(=O)(=O)Nc1ccc(Nc2cc(C)on2)nn1. The first kappa shape index (κ1) is 17.7. The molecule has 0 bridgehead atoms. The maximum Gasteiger partial charge on any atom is 0.266 e. The van der Waals surface area contributed by atoms with Crippen molar-refractivity contribution in [2.24, 2.45) is 0 Å². The van der Waals surface area contributed by atoms with E-state index in [-0.39, 0.29) is 16.5 Å². The highest BCUT2D eigenvalue weighted by Crippen LogP contribution is 2.26. The first-order valence-corrected chi connectivity index (χ1v) is 9.07. The number of nitrogens with zero attached hydrogens (tertiary/aromatic N) is 3. The molecule has 0 aliphatic heterocycles. The van der Waals surface area contributed by atoms with Gasteiger partial charge in [0.25, 0.3) is 10.0 Å². The second-order valence-corrected chi connectivity index (χ2v) is 7.16. The van der Waals surface area contributed by atoms with Crippen LogP contribution < -0.4 is 14.8 Å². The van der Waals surface area contributed by atoms with Gasteiger partial charge in [-0.05, 0) is 43.7 Å². The molecule has 0 saturated carbocycles. The number of sulfonamides is 1. The molecule has 9 nitrogen and oxygen atoms in total. The van der Waals surface area contributed by atoms with Gasteiger partial charge in [-0.1, -0.05) is 11.2 Å². The van der Waals surface area contributed by atoms with Crippen molar-refractivity contribution in [2.45, 2.75) is 18.7 Å². The molecule has 0 amide bonds. The molecule has 2 aromatic heterocycles. The predicted octanol–water partition coefficient (Wildman–Crippen LogP) is 2.63. The van der Waals surface area contributed by atoms with Crippen LogP contribution in [0, 0.1) is 13.8 Å². The lowest BCUT2D eigenvalue weighted by Gasteiger charge is -2.11. The average molecular weight is 375 g/mol. The van der Waals surface area contributed by atoms with Crippen LogP contribution in [0.4, 0.5) is 17.5 Å². The van der Waals surface area contributed by atoms with E-state index >= 15 is 0 Å². The van der Waals surface area contributed by atoms with Crippen LogP contribution >= 0.6 is 0 Å². The molecule has 0 aliphatic carbocycles. The summed E-state index contributed by atoms with van der Waals surface area (Å²) < 4.78 is 37.7. The van der Waals surface area contributed by atoms with Gasteiger partial charge in [0.15, 0.2) is 17.5 Å². The molecule has 10 heteroatoms. The van der Waals surface area contributed by atoms with E-state index in [9.17, 15) is 8.42 Å². The zero-order chi connectivity index (χ0) is 18.7. The zero-order valence-electron chi connectivity index (χ0n) is 14.3. The van der Waals surface area contributed by atoms with E-state index in [1.54, 1.807) is 38.1 Å². The summed E-state index contributed by atoms with van der Waals surface area (Å²) >= 11 is 0. The number of nitrogens with one attached hydrogen (secondary N) is 2. The molecule has 0 radical (unpaired) electrons. The van der Waals surface area contributed by atoms with E-state index in [2.05, 4.69) is 25.4 Å². The van der Waals surface area contributed by atoms with Crippen molar-refractivity contribution in [3.63, 3.8) is 0 Å². The number of rotatable bonds is 6. The second kappa shape index (κ2) is 7.00. The van der Waals surface area contributed by atoms with Crippen molar-refractivity contribution in [3.05, 3.63) is 47.7 Å². The van der Waals surface area contributed by atoms with Crippen molar-refractivity contribution in [1.29, 1.82) is 0 Å². The Morgan fingerprint density at radius 3 is 2.35 bits per heavy atom. The molecule has 136 valence electrons. The summed E-state index contributed by atoms with van der Waals surface area (Å²) in [4.78, 5) is 0.0297. The summed E-state index contributed by atoms with van der Waals surface area (Å²) in [6.45, 7) is 3.56. The molecule has 0 saturated heterocycles. The van der Waals surface area contributed by atoms with Crippen LogP contribution in [0.15, 0.2) is 45.8 Å². The van der Waals surface area contributed by atoms with E-state index < -0.39 is 10.0 Å². The van der Waals surface area contributed by atoms with Gasteiger partial charge >= 0.3 is 0 Å². The van der Waals surface area contributed by atoms with Gasteiger partial charge in [0, 0.05) is 6.07 Å². The molecule has 26 heavy (non-hydrogen) atoms. The number of benzene rings is 1. The average Bonchev–Trinajstić information content (AvgIpc) is 3.01. The van der Waals surface area contributed by atoms with E-state index in [1.807, 2.05) is 0 Å². The Balaban J connectivity index is 1.79. The summed E-state index contributed by atoms with van der Waals surface area (Å²) in [5.74, 6) is 1.85. The molecule has 0 spiro atoms. The summed E-state index contributed by atoms with van der Waals surface area (Å²) in [5, 5.41) is 14.5. The second-order valence-electron chi connectivity index (χ2n) is 5.51. The fourth-order valence-corrected chi connectivity index (χ4v) is 3.45. The normalized spacial score (nSPS) is 11.2. The van der Waals surface area contributed by atoms with Crippen molar-refractivity contribution >= 4 is 27.5 Å². The minimum Gasteiger partial charge on any atom is -0.495 e. The Morgan fingerprint density at radius 1 is 1.00 bits per heavy atom. The lowest BCUT2D eigenvalue weighted by Crippen LogP contribution is -2.15. The van der Waals surface area contributed by atoms with Crippen LogP contribution in [0.2, 0.25) is 0 Å². The van der Waals surface area contributed by atoms with E-state index in [0.29, 0.717) is 17.4 Å². The Labute approximate surface area is 150 Å². The fraction of sp³-hybridized carbons (Fsp3) is 0.188. The lowest BCUT2D eigenvalue weighted by molar-refractivity contribution is 0.400. The zero-order valence-corrected chi connectivity index (χ0v) is 15.2. The summed E-state index contributed by atoms with van der Waals surface area (Å²) in [6.07, 6.45) is 0. The maximum absolute atomic E-state index is 12.6. The van der Waals surface area contributed by atoms with Gasteiger partial charge in [0.1, 0.15) is 16.4 Å². The van der Waals surface area contributed by atoms with Crippen LogP contribution in [-0.2, 0) is 10.0 Å². The third-order valence-corrected chi connectivity index (χ3v) is 4.77. The van der Waals surface area contributed by atoms with Gasteiger partial charge < -0.3 is 14.6 Å². The largest absolute Gasteiger partial charge is 0.495 e. The number of hydrogen-bond donors (Lipinski definition) is 2. The number of hydrogen-bond acceptors (Lipinski definition) is 8. The predicted molar refractivity (Wildman–Crippen MR) is 95.1 cm³/mol. The number of methoxy groups -OCH3 is 1. The molecular weight excluding hydrogens is 358 g/mol. The van der Waals surface area contributed by atoms with Crippen molar-refractivity contribution in [2.75, 3.05) is 17.1 Å². The molecule has 2 N–H and O–H groups in total. The Hall–Kier alpha value is -3.14. The summed E-state index contributed by atoms with van der Waals surface area (Å²) in [7, 11) is -2.46. The first-order valence-electron chi connectivity index (χ1n) is 7.59. The third-order valence-electron chi connectivity index (χ3n) is 3.40. The lowest BCUT2D eigenvalue weighted by atomic mass is 10.2. The number of anilines is 3. The summed E-state index contributed by atoms with van der Waals surface area (Å²) in [6, 6.07) is 9.65. The molecule has 0 unspecified atom stereocenters. The van der Waals surface area contributed by atoms with Gasteiger partial charge in [0.2, 0.25) is 0 Å². The highest BCUT2D eigenvalue weighted by Gasteiger charge is 2.20. The summed E-state index contributed by atoms with van der Waals surface area (Å²) in [5.41, 5.74) is 0.791. The Bertz CT molecular complexity index is 1020. The molecule has 0 aliphatic rings. The Morgan fingerprint density at radius 2 is 1.73 bits per heavy atom. The van der Waals surface area contributed by atoms with Crippen LogP contribution in [0.3, 0.4) is 0 Å². The molecule has 2 heterocycles. The number of aromatic nitrogens is 3. The highest BCUT2D eigenvalue weighted by molar-refractivity contribution is 7.92. The minimum atomic E-state index is -3.87. The van der Waals surface area contributed by atoms with Crippen LogP contribution in [0.1, 0.15) is 11.3 Å². The van der Waals surface area contributed by atoms with Crippen LogP contribution in [0.25, 0.3) is 0 Å². The van der Waals surface area contributed by atoms with Crippen molar-refractivity contribution in [1.82, 2.24) is 15.4 Å². The highest BCUT2D eigenvalue weighted by atomic mass is 32.2. The van der Waals surface area contributed by atoms with Gasteiger partial charge in [0.05, 0.1) is 7.11 Å². The number of ether oxygens (including phenoxy) is 1. The topological polar surface area (TPSA) is 119 Å². The molecule has 0 atom stereocenters. The van der Waals surface area contributed by atoms with Gasteiger partial charge in [-0.2, -0.15) is 0 Å². The third kappa shape index (κ3) is 3.91. The molecule has 3 rings (SSSR count). The van der Waals surface area contributed by atoms with Gasteiger partial charge in [-0.25, -0.2) is 8.42 Å².